The molecule has 4 rings (SSSR count). The van der Waals surface area contributed by atoms with Gasteiger partial charge in [-0.2, -0.15) is 0 Å². The van der Waals surface area contributed by atoms with E-state index in [1.807, 2.05) is 26.0 Å². The second-order valence-corrected chi connectivity index (χ2v) is 7.99. The Morgan fingerprint density at radius 3 is 2.66 bits per heavy atom. The van der Waals surface area contributed by atoms with Gasteiger partial charge in [-0.3, -0.25) is 9.78 Å². The predicted molar refractivity (Wildman–Crippen MR) is 111 cm³/mol. The van der Waals surface area contributed by atoms with Gasteiger partial charge < -0.3 is 15.0 Å². The minimum atomic E-state index is -0.226. The number of rotatable bonds is 5. The zero-order chi connectivity index (χ0) is 20.2. The molecule has 1 saturated heterocycles. The Morgan fingerprint density at radius 2 is 1.97 bits per heavy atom. The highest BCUT2D eigenvalue weighted by Crippen LogP contribution is 2.24. The van der Waals surface area contributed by atoms with Gasteiger partial charge in [0.25, 0.3) is 5.91 Å². The number of aryl methyl sites for hydroxylation is 2. The molecular weight excluding hydrogens is 388 g/mol. The number of hydrogen-bond donors (Lipinski definition) is 1. The summed E-state index contributed by atoms with van der Waals surface area (Å²) < 4.78 is 5.41. The number of thiazole rings is 1. The Bertz CT molecular complexity index is 982. The van der Waals surface area contributed by atoms with Gasteiger partial charge in [0.2, 0.25) is 5.95 Å². The van der Waals surface area contributed by atoms with E-state index in [-0.39, 0.29) is 5.91 Å². The number of nitrogens with one attached hydrogen (secondary N) is 1. The molecule has 3 aromatic heterocycles. The van der Waals surface area contributed by atoms with Crippen molar-refractivity contribution in [1.82, 2.24) is 25.3 Å². The number of amides is 1. The number of nitrogens with zero attached hydrogens (tertiary/aromatic N) is 5. The molecule has 1 aliphatic heterocycles. The fourth-order valence-corrected chi connectivity index (χ4v) is 3.92. The van der Waals surface area contributed by atoms with E-state index in [0.717, 1.165) is 34.2 Å². The lowest BCUT2D eigenvalue weighted by molar-refractivity contribution is 0.0950. The normalized spacial score (nSPS) is 14.1. The molecule has 0 radical (unpaired) electrons. The van der Waals surface area contributed by atoms with Gasteiger partial charge in [0.1, 0.15) is 5.01 Å². The standard InChI is InChI=1S/C20H22N6O2S/c1-13-14(2)29-17(24-13)12-22-19(27)16-11-23-20(26-7-9-28-10-8-26)25-18(16)15-3-5-21-6-4-15/h3-6,11H,7-10,12H2,1-2H3,(H,22,27). The van der Waals surface area contributed by atoms with Crippen molar-refractivity contribution in [2.45, 2.75) is 20.4 Å². The number of ether oxygens (including phenoxy) is 1. The van der Waals surface area contributed by atoms with Crippen molar-refractivity contribution in [3.8, 4) is 11.3 Å². The molecule has 0 spiro atoms. The van der Waals surface area contributed by atoms with Gasteiger partial charge in [-0.1, -0.05) is 0 Å². The Kier molecular flexibility index (Phi) is 5.77. The fraction of sp³-hybridized carbons (Fsp3) is 0.350. The lowest BCUT2D eigenvalue weighted by atomic mass is 10.1. The van der Waals surface area contributed by atoms with E-state index in [2.05, 4.69) is 25.2 Å². The van der Waals surface area contributed by atoms with E-state index >= 15 is 0 Å². The third kappa shape index (κ3) is 4.41. The van der Waals surface area contributed by atoms with Gasteiger partial charge >= 0.3 is 0 Å². The summed E-state index contributed by atoms with van der Waals surface area (Å²) in [6.45, 7) is 7.11. The van der Waals surface area contributed by atoms with Crippen molar-refractivity contribution in [3.05, 3.63) is 51.9 Å². The molecule has 150 valence electrons. The maximum atomic E-state index is 12.9. The molecule has 4 heterocycles. The minimum absolute atomic E-state index is 0.226. The summed E-state index contributed by atoms with van der Waals surface area (Å²) in [5, 5.41) is 3.82. The SMILES string of the molecule is Cc1nc(CNC(=O)c2cnc(N3CCOCC3)nc2-c2ccncc2)sc1C. The summed E-state index contributed by atoms with van der Waals surface area (Å²) in [6, 6.07) is 3.69. The van der Waals surface area contributed by atoms with Gasteiger partial charge in [-0.05, 0) is 26.0 Å². The van der Waals surface area contributed by atoms with E-state index in [9.17, 15) is 4.79 Å². The van der Waals surface area contributed by atoms with E-state index in [4.69, 9.17) is 9.72 Å². The maximum absolute atomic E-state index is 12.9. The molecule has 0 aromatic carbocycles. The smallest absolute Gasteiger partial charge is 0.255 e. The Balaban J connectivity index is 1.61. The molecule has 1 aliphatic rings. The number of morpholine rings is 1. The summed E-state index contributed by atoms with van der Waals surface area (Å²) in [7, 11) is 0. The second kappa shape index (κ2) is 8.62. The van der Waals surface area contributed by atoms with E-state index in [1.54, 1.807) is 29.9 Å². The zero-order valence-corrected chi connectivity index (χ0v) is 17.2. The molecule has 29 heavy (non-hydrogen) atoms. The van der Waals surface area contributed by atoms with Crippen molar-refractivity contribution in [1.29, 1.82) is 0 Å². The first-order valence-electron chi connectivity index (χ1n) is 9.43. The van der Waals surface area contributed by atoms with Gasteiger partial charge in [0, 0.05) is 42.1 Å². The molecule has 0 bridgehead atoms. The molecule has 1 fully saturated rings. The van der Waals surface area contributed by atoms with Crippen LogP contribution in [0.2, 0.25) is 0 Å². The largest absolute Gasteiger partial charge is 0.378 e. The molecule has 3 aromatic rings. The van der Waals surface area contributed by atoms with Crippen molar-refractivity contribution >= 4 is 23.2 Å². The summed E-state index contributed by atoms with van der Waals surface area (Å²) in [5.41, 5.74) is 2.84. The van der Waals surface area contributed by atoms with Crippen LogP contribution in [0.25, 0.3) is 11.3 Å². The Labute approximate surface area is 173 Å². The highest BCUT2D eigenvalue weighted by molar-refractivity contribution is 7.11. The first-order valence-corrected chi connectivity index (χ1v) is 10.2. The van der Waals surface area contributed by atoms with Crippen LogP contribution in [0.4, 0.5) is 5.95 Å². The van der Waals surface area contributed by atoms with Crippen LogP contribution < -0.4 is 10.2 Å². The number of anilines is 1. The maximum Gasteiger partial charge on any atom is 0.255 e. The lowest BCUT2D eigenvalue weighted by Gasteiger charge is -2.27. The molecule has 8 nitrogen and oxygen atoms in total. The van der Waals surface area contributed by atoms with Gasteiger partial charge in [0.05, 0.1) is 36.7 Å². The van der Waals surface area contributed by atoms with Crippen LogP contribution >= 0.6 is 11.3 Å². The van der Waals surface area contributed by atoms with Crippen molar-refractivity contribution in [2.75, 3.05) is 31.2 Å². The number of carbonyl (C=O) groups excluding carboxylic acids is 1. The van der Waals surface area contributed by atoms with E-state index in [0.29, 0.717) is 37.0 Å². The van der Waals surface area contributed by atoms with E-state index < -0.39 is 0 Å². The number of carbonyl (C=O) groups is 1. The second-order valence-electron chi connectivity index (χ2n) is 6.70. The Hall–Kier alpha value is -2.91. The molecule has 9 heteroatoms. The zero-order valence-electron chi connectivity index (χ0n) is 16.4. The average Bonchev–Trinajstić information content (AvgIpc) is 3.10. The molecule has 0 atom stereocenters. The molecule has 1 N–H and O–H groups in total. The lowest BCUT2D eigenvalue weighted by Crippen LogP contribution is -2.37. The third-order valence-corrected chi connectivity index (χ3v) is 5.81. The first-order chi connectivity index (χ1) is 14.1. The Morgan fingerprint density at radius 1 is 1.21 bits per heavy atom. The van der Waals surface area contributed by atoms with Gasteiger partial charge in [0.15, 0.2) is 0 Å². The summed E-state index contributed by atoms with van der Waals surface area (Å²) in [6.07, 6.45) is 4.98. The van der Waals surface area contributed by atoms with Crippen LogP contribution in [-0.2, 0) is 11.3 Å². The minimum Gasteiger partial charge on any atom is -0.378 e. The van der Waals surface area contributed by atoms with Crippen LogP contribution in [0.3, 0.4) is 0 Å². The highest BCUT2D eigenvalue weighted by atomic mass is 32.1. The van der Waals surface area contributed by atoms with E-state index in [1.165, 1.54) is 0 Å². The third-order valence-electron chi connectivity index (χ3n) is 4.74. The predicted octanol–water partition coefficient (Wildman–Crippen LogP) is 2.38. The summed E-state index contributed by atoms with van der Waals surface area (Å²) in [4.78, 5) is 33.9. The fourth-order valence-electron chi connectivity index (χ4n) is 3.05. The number of pyridine rings is 1. The van der Waals surface area contributed by atoms with Gasteiger partial charge in [-0.15, -0.1) is 11.3 Å². The molecular formula is C20H22N6O2S. The quantitative estimate of drug-likeness (QED) is 0.690. The topological polar surface area (TPSA) is 93.1 Å². The molecule has 0 saturated carbocycles. The molecule has 0 unspecified atom stereocenters. The van der Waals surface area contributed by atoms with Crippen LogP contribution in [0.15, 0.2) is 30.7 Å². The van der Waals surface area contributed by atoms with Crippen LogP contribution in [0.1, 0.15) is 25.9 Å². The van der Waals surface area contributed by atoms with Gasteiger partial charge in [-0.25, -0.2) is 15.0 Å². The summed E-state index contributed by atoms with van der Waals surface area (Å²) >= 11 is 1.59. The van der Waals surface area contributed by atoms with Crippen molar-refractivity contribution in [3.63, 3.8) is 0 Å². The monoisotopic (exact) mass is 410 g/mol. The van der Waals surface area contributed by atoms with Crippen LogP contribution in [0, 0.1) is 13.8 Å². The highest BCUT2D eigenvalue weighted by Gasteiger charge is 2.20. The van der Waals surface area contributed by atoms with Crippen LogP contribution in [-0.4, -0.2) is 52.1 Å². The molecule has 0 aliphatic carbocycles. The summed E-state index contributed by atoms with van der Waals surface area (Å²) in [5.74, 6) is 0.374. The average molecular weight is 411 g/mol. The number of hydrogen-bond acceptors (Lipinski definition) is 8. The number of aromatic nitrogens is 4. The van der Waals surface area contributed by atoms with Crippen molar-refractivity contribution in [2.24, 2.45) is 0 Å². The first kappa shape index (κ1) is 19.4. The molecule has 1 amide bonds. The van der Waals surface area contributed by atoms with Crippen molar-refractivity contribution < 1.29 is 9.53 Å². The van der Waals surface area contributed by atoms with Crippen LogP contribution in [0.5, 0.6) is 0 Å².